The van der Waals surface area contributed by atoms with Crippen molar-refractivity contribution < 1.29 is 14.3 Å². The Morgan fingerprint density at radius 3 is 2.50 bits per heavy atom. The van der Waals surface area contributed by atoms with Gasteiger partial charge in [-0.15, -0.1) is 11.8 Å². The van der Waals surface area contributed by atoms with Crippen molar-refractivity contribution in [1.82, 2.24) is 4.90 Å². The number of hydrogen-bond donors (Lipinski definition) is 0. The van der Waals surface area contributed by atoms with Gasteiger partial charge in [-0.2, -0.15) is 5.26 Å². The standard InChI is InChI=1S/C24H26N2O3S/c1-26(20-7-3-2-4-8-20)23(27)16-29-24(28)21-9-5-6-10-22(21)30-17-19-13-11-18(15-25)12-14-19/h5-6,9-14,20H,2-4,7-8,16-17H2,1H3. The Morgan fingerprint density at radius 1 is 1.10 bits per heavy atom. The molecule has 0 unspecified atom stereocenters. The van der Waals surface area contributed by atoms with E-state index in [4.69, 9.17) is 10.00 Å². The second-order valence-electron chi connectivity index (χ2n) is 7.47. The van der Waals surface area contributed by atoms with Crippen molar-refractivity contribution in [2.24, 2.45) is 0 Å². The minimum atomic E-state index is -0.483. The van der Waals surface area contributed by atoms with Gasteiger partial charge in [-0.05, 0) is 42.7 Å². The SMILES string of the molecule is CN(C(=O)COC(=O)c1ccccc1SCc1ccc(C#N)cc1)C1CCCCC1. The van der Waals surface area contributed by atoms with Gasteiger partial charge in [-0.1, -0.05) is 43.5 Å². The molecule has 5 nitrogen and oxygen atoms in total. The lowest BCUT2D eigenvalue weighted by molar-refractivity contribution is -0.135. The number of likely N-dealkylation sites (N-methyl/N-ethyl adjacent to an activating group) is 1. The fourth-order valence-corrected chi connectivity index (χ4v) is 4.57. The molecule has 2 aromatic carbocycles. The number of nitrogens with zero attached hydrogens (tertiary/aromatic N) is 2. The van der Waals surface area contributed by atoms with Crippen LogP contribution in [-0.4, -0.2) is 36.5 Å². The van der Waals surface area contributed by atoms with Crippen LogP contribution in [0, 0.1) is 11.3 Å². The van der Waals surface area contributed by atoms with E-state index in [1.807, 2.05) is 24.3 Å². The summed E-state index contributed by atoms with van der Waals surface area (Å²) < 4.78 is 5.35. The van der Waals surface area contributed by atoms with Crippen molar-refractivity contribution in [1.29, 1.82) is 5.26 Å². The molecule has 30 heavy (non-hydrogen) atoms. The second kappa shape index (κ2) is 10.8. The molecule has 0 radical (unpaired) electrons. The van der Waals surface area contributed by atoms with Gasteiger partial charge in [-0.3, -0.25) is 4.79 Å². The molecule has 156 valence electrons. The molecule has 1 fully saturated rings. The van der Waals surface area contributed by atoms with E-state index in [-0.39, 0.29) is 18.6 Å². The summed E-state index contributed by atoms with van der Waals surface area (Å²) in [4.78, 5) is 27.6. The number of rotatable bonds is 7. The first kappa shape index (κ1) is 21.9. The van der Waals surface area contributed by atoms with E-state index in [0.29, 0.717) is 16.9 Å². The first-order chi connectivity index (χ1) is 14.6. The van der Waals surface area contributed by atoms with Gasteiger partial charge in [-0.25, -0.2) is 4.79 Å². The van der Waals surface area contributed by atoms with Crippen LogP contribution in [0.1, 0.15) is 53.6 Å². The van der Waals surface area contributed by atoms with Crippen LogP contribution < -0.4 is 0 Å². The highest BCUT2D eigenvalue weighted by Gasteiger charge is 2.23. The Kier molecular flexibility index (Phi) is 7.92. The smallest absolute Gasteiger partial charge is 0.339 e. The van der Waals surface area contributed by atoms with Gasteiger partial charge in [0.2, 0.25) is 0 Å². The number of hydrogen-bond acceptors (Lipinski definition) is 5. The number of benzene rings is 2. The minimum absolute atomic E-state index is 0.155. The highest BCUT2D eigenvalue weighted by Crippen LogP contribution is 2.27. The highest BCUT2D eigenvalue weighted by atomic mass is 32.2. The third-order valence-corrected chi connectivity index (χ3v) is 6.57. The van der Waals surface area contributed by atoms with Crippen molar-refractivity contribution in [3.63, 3.8) is 0 Å². The first-order valence-electron chi connectivity index (χ1n) is 10.2. The number of nitriles is 1. The summed E-state index contributed by atoms with van der Waals surface area (Å²) in [5, 5.41) is 8.90. The molecule has 6 heteroatoms. The fraction of sp³-hybridized carbons (Fsp3) is 0.375. The summed E-state index contributed by atoms with van der Waals surface area (Å²) in [6, 6.07) is 17.0. The van der Waals surface area contributed by atoms with Crippen molar-refractivity contribution in [3.8, 4) is 6.07 Å². The number of thioether (sulfide) groups is 1. The summed E-state index contributed by atoms with van der Waals surface area (Å²) in [6.45, 7) is -0.236. The van der Waals surface area contributed by atoms with Gasteiger partial charge in [0.15, 0.2) is 6.61 Å². The first-order valence-corrected chi connectivity index (χ1v) is 11.2. The van der Waals surface area contributed by atoms with E-state index in [1.54, 1.807) is 36.2 Å². The molecule has 3 rings (SSSR count). The summed E-state index contributed by atoms with van der Waals surface area (Å²) in [7, 11) is 1.80. The Balaban J connectivity index is 1.56. The van der Waals surface area contributed by atoms with Gasteiger partial charge in [0.25, 0.3) is 5.91 Å². The second-order valence-corrected chi connectivity index (χ2v) is 8.48. The quantitative estimate of drug-likeness (QED) is 0.474. The molecule has 1 saturated carbocycles. The molecule has 1 amide bonds. The van der Waals surface area contributed by atoms with E-state index < -0.39 is 5.97 Å². The molecule has 0 bridgehead atoms. The van der Waals surface area contributed by atoms with E-state index >= 15 is 0 Å². The van der Waals surface area contributed by atoms with E-state index in [9.17, 15) is 9.59 Å². The summed E-state index contributed by atoms with van der Waals surface area (Å²) in [5.41, 5.74) is 2.14. The zero-order valence-electron chi connectivity index (χ0n) is 17.2. The molecule has 1 aliphatic carbocycles. The molecule has 1 aliphatic rings. The molecule has 0 N–H and O–H groups in total. The minimum Gasteiger partial charge on any atom is -0.452 e. The van der Waals surface area contributed by atoms with Gasteiger partial charge < -0.3 is 9.64 Å². The van der Waals surface area contributed by atoms with E-state index in [1.165, 1.54) is 18.2 Å². The lowest BCUT2D eigenvalue weighted by Gasteiger charge is -2.31. The lowest BCUT2D eigenvalue weighted by atomic mass is 9.94. The average molecular weight is 423 g/mol. The van der Waals surface area contributed by atoms with Gasteiger partial charge in [0.1, 0.15) is 0 Å². The largest absolute Gasteiger partial charge is 0.452 e. The van der Waals surface area contributed by atoms with Gasteiger partial charge in [0.05, 0.1) is 17.2 Å². The van der Waals surface area contributed by atoms with Gasteiger partial charge >= 0.3 is 5.97 Å². The van der Waals surface area contributed by atoms with Crippen LogP contribution in [0.3, 0.4) is 0 Å². The number of carbonyl (C=O) groups is 2. The van der Waals surface area contributed by atoms with Crippen LogP contribution >= 0.6 is 11.8 Å². The predicted octanol–water partition coefficient (Wildman–Crippen LogP) is 4.80. The molecular formula is C24H26N2O3S. The van der Waals surface area contributed by atoms with Crippen molar-refractivity contribution in [2.45, 2.75) is 48.8 Å². The maximum Gasteiger partial charge on any atom is 0.339 e. The zero-order valence-corrected chi connectivity index (χ0v) is 18.0. The number of amides is 1. The molecule has 0 heterocycles. The lowest BCUT2D eigenvalue weighted by Crippen LogP contribution is -2.40. The predicted molar refractivity (Wildman–Crippen MR) is 117 cm³/mol. The topological polar surface area (TPSA) is 70.4 Å². The Bertz CT molecular complexity index is 915. The number of ether oxygens (including phenoxy) is 1. The van der Waals surface area contributed by atoms with Crippen molar-refractivity contribution in [3.05, 3.63) is 65.2 Å². The monoisotopic (exact) mass is 422 g/mol. The van der Waals surface area contributed by atoms with Crippen LogP contribution in [0.15, 0.2) is 53.4 Å². The summed E-state index contributed by atoms with van der Waals surface area (Å²) >= 11 is 1.53. The molecule has 0 spiro atoms. The van der Waals surface area contributed by atoms with E-state index in [2.05, 4.69) is 6.07 Å². The van der Waals surface area contributed by atoms with Crippen molar-refractivity contribution >= 4 is 23.6 Å². The Hall–Kier alpha value is -2.78. The molecule has 0 aromatic heterocycles. The van der Waals surface area contributed by atoms with Crippen molar-refractivity contribution in [2.75, 3.05) is 13.7 Å². The van der Waals surface area contributed by atoms with Crippen LogP contribution in [0.2, 0.25) is 0 Å². The van der Waals surface area contributed by atoms with Crippen LogP contribution in [0.4, 0.5) is 0 Å². The fourth-order valence-electron chi connectivity index (χ4n) is 3.58. The number of esters is 1. The molecule has 0 saturated heterocycles. The number of carbonyl (C=O) groups excluding carboxylic acids is 2. The zero-order chi connectivity index (χ0) is 21.3. The maximum atomic E-state index is 12.6. The molecule has 0 atom stereocenters. The molecular weight excluding hydrogens is 396 g/mol. The van der Waals surface area contributed by atoms with Crippen LogP contribution in [-0.2, 0) is 15.3 Å². The summed E-state index contributed by atoms with van der Waals surface area (Å²) in [5.74, 6) is 0.0283. The third kappa shape index (κ3) is 5.87. The summed E-state index contributed by atoms with van der Waals surface area (Å²) in [6.07, 6.45) is 5.55. The molecule has 2 aromatic rings. The Morgan fingerprint density at radius 2 is 1.80 bits per heavy atom. The van der Waals surface area contributed by atoms with E-state index in [0.717, 1.165) is 36.1 Å². The average Bonchev–Trinajstić information content (AvgIpc) is 2.81. The van der Waals surface area contributed by atoms with Crippen LogP contribution in [0.25, 0.3) is 0 Å². The van der Waals surface area contributed by atoms with Gasteiger partial charge in [0, 0.05) is 23.7 Å². The molecule has 0 aliphatic heterocycles. The highest BCUT2D eigenvalue weighted by molar-refractivity contribution is 7.98. The third-order valence-electron chi connectivity index (χ3n) is 5.43. The van der Waals surface area contributed by atoms with Crippen LogP contribution in [0.5, 0.6) is 0 Å². The maximum absolute atomic E-state index is 12.6. The Labute approximate surface area is 182 Å². The normalized spacial score (nSPS) is 14.0.